The second-order valence-electron chi connectivity index (χ2n) is 7.34. The van der Waals surface area contributed by atoms with Crippen LogP contribution in [-0.4, -0.2) is 52.7 Å². The Bertz CT molecular complexity index is 1260. The van der Waals surface area contributed by atoms with E-state index < -0.39 is 22.5 Å². The summed E-state index contributed by atoms with van der Waals surface area (Å²) in [6.45, 7) is -0.489. The minimum atomic E-state index is -4.15. The molecule has 0 unspecified atom stereocenters. The molecule has 184 valence electrons. The third-order valence-corrected chi connectivity index (χ3v) is 6.84. The zero-order valence-corrected chi connectivity index (χ0v) is 20.5. The summed E-state index contributed by atoms with van der Waals surface area (Å²) in [6, 6.07) is 20.5. The van der Waals surface area contributed by atoms with Crippen molar-refractivity contribution in [2.24, 2.45) is 5.10 Å². The maximum Gasteiger partial charge on any atom is 0.255 e. The van der Waals surface area contributed by atoms with Crippen LogP contribution in [0.15, 0.2) is 82.8 Å². The number of nitrogens with one attached hydrogen (secondary N) is 1. The van der Waals surface area contributed by atoms with E-state index in [2.05, 4.69) is 10.5 Å². The van der Waals surface area contributed by atoms with E-state index in [4.69, 9.17) is 14.2 Å². The Morgan fingerprint density at radius 3 is 2.20 bits per heavy atom. The second kappa shape index (κ2) is 12.0. The van der Waals surface area contributed by atoms with Crippen LogP contribution in [0.1, 0.15) is 11.1 Å². The average Bonchev–Trinajstić information content (AvgIpc) is 2.88. The van der Waals surface area contributed by atoms with Gasteiger partial charge in [0.2, 0.25) is 10.0 Å². The summed E-state index contributed by atoms with van der Waals surface area (Å²) < 4.78 is 43.9. The van der Waals surface area contributed by atoms with Crippen molar-refractivity contribution in [1.29, 1.82) is 0 Å². The lowest BCUT2D eigenvalue weighted by atomic mass is 10.2. The lowest BCUT2D eigenvalue weighted by molar-refractivity contribution is -0.121. The number of methoxy groups -OCH3 is 3. The largest absolute Gasteiger partial charge is 0.497 e. The molecule has 0 aliphatic rings. The summed E-state index contributed by atoms with van der Waals surface area (Å²) in [7, 11) is 0.233. The van der Waals surface area contributed by atoms with Crippen LogP contribution in [0.2, 0.25) is 0 Å². The molecule has 1 N–H and O–H groups in total. The smallest absolute Gasteiger partial charge is 0.255 e. The van der Waals surface area contributed by atoms with Gasteiger partial charge in [0.25, 0.3) is 5.91 Å². The van der Waals surface area contributed by atoms with Gasteiger partial charge in [-0.1, -0.05) is 30.3 Å². The van der Waals surface area contributed by atoms with Gasteiger partial charge in [0.05, 0.1) is 34.1 Å². The molecule has 0 radical (unpaired) electrons. The molecule has 0 saturated heterocycles. The number of ether oxygens (including phenoxy) is 3. The first-order valence-electron chi connectivity index (χ1n) is 10.6. The Balaban J connectivity index is 1.84. The van der Waals surface area contributed by atoms with Crippen LogP contribution in [0.5, 0.6) is 17.2 Å². The zero-order chi connectivity index (χ0) is 25.3. The Hall–Kier alpha value is -3.89. The van der Waals surface area contributed by atoms with Crippen LogP contribution in [-0.2, 0) is 21.4 Å². The molecular weight excluding hydrogens is 470 g/mol. The van der Waals surface area contributed by atoms with Gasteiger partial charge in [0, 0.05) is 12.6 Å². The molecule has 0 aliphatic carbocycles. The van der Waals surface area contributed by atoms with Gasteiger partial charge in [0.1, 0.15) is 22.1 Å². The summed E-state index contributed by atoms with van der Waals surface area (Å²) in [5.41, 5.74) is 3.84. The van der Waals surface area contributed by atoms with Crippen LogP contribution in [0.3, 0.4) is 0 Å². The summed E-state index contributed by atoms with van der Waals surface area (Å²) >= 11 is 0. The summed E-state index contributed by atoms with van der Waals surface area (Å²) in [4.78, 5) is 12.6. The maximum atomic E-state index is 13.6. The van der Waals surface area contributed by atoms with E-state index in [9.17, 15) is 13.2 Å². The van der Waals surface area contributed by atoms with Crippen LogP contribution in [0.25, 0.3) is 0 Å². The standard InChI is InChI=1S/C25H27N3O6S/c1-32-21-11-9-19(10-12-21)16-26-27-25(29)18-28(17-20-7-5-4-6-8-20)35(30,31)24-15-22(33-2)13-14-23(24)34-3/h4-16H,17-18H2,1-3H3,(H,27,29)/b26-16+. The number of hydrazone groups is 1. The molecule has 3 aromatic rings. The molecule has 0 aliphatic heterocycles. The van der Waals surface area contributed by atoms with Crippen molar-refractivity contribution in [1.82, 2.24) is 9.73 Å². The third kappa shape index (κ3) is 6.81. The van der Waals surface area contributed by atoms with E-state index in [1.807, 2.05) is 6.07 Å². The fourth-order valence-corrected chi connectivity index (χ4v) is 4.76. The molecule has 0 atom stereocenters. The van der Waals surface area contributed by atoms with E-state index >= 15 is 0 Å². The number of rotatable bonds is 11. The highest BCUT2D eigenvalue weighted by Crippen LogP contribution is 2.31. The normalized spacial score (nSPS) is 11.4. The van der Waals surface area contributed by atoms with Crippen molar-refractivity contribution in [2.45, 2.75) is 11.4 Å². The fraction of sp³-hybridized carbons (Fsp3) is 0.200. The molecule has 9 nitrogen and oxygen atoms in total. The first kappa shape index (κ1) is 25.7. The highest BCUT2D eigenvalue weighted by Gasteiger charge is 2.30. The van der Waals surface area contributed by atoms with Crippen LogP contribution < -0.4 is 19.6 Å². The predicted octanol–water partition coefficient (Wildman–Crippen LogP) is 3.05. The topological polar surface area (TPSA) is 107 Å². The highest BCUT2D eigenvalue weighted by atomic mass is 32.2. The molecular formula is C25H27N3O6S. The van der Waals surface area contributed by atoms with E-state index in [0.717, 1.165) is 9.87 Å². The van der Waals surface area contributed by atoms with Gasteiger partial charge in [-0.3, -0.25) is 4.79 Å². The summed E-state index contributed by atoms with van der Waals surface area (Å²) in [6.07, 6.45) is 1.46. The molecule has 0 saturated carbocycles. The Morgan fingerprint density at radius 2 is 1.57 bits per heavy atom. The zero-order valence-electron chi connectivity index (χ0n) is 19.7. The molecule has 0 spiro atoms. The SMILES string of the molecule is COc1ccc(/C=N/NC(=O)CN(Cc2ccccc2)S(=O)(=O)c2cc(OC)ccc2OC)cc1. The second-order valence-corrected chi connectivity index (χ2v) is 9.25. The number of hydrogen-bond donors (Lipinski definition) is 1. The Morgan fingerprint density at radius 1 is 0.914 bits per heavy atom. The maximum absolute atomic E-state index is 13.6. The number of carbonyl (C=O) groups is 1. The van der Waals surface area contributed by atoms with E-state index in [-0.39, 0.29) is 17.2 Å². The minimum absolute atomic E-state index is 0.0286. The van der Waals surface area contributed by atoms with Crippen molar-refractivity contribution >= 4 is 22.1 Å². The molecule has 0 aromatic heterocycles. The van der Waals surface area contributed by atoms with E-state index in [1.165, 1.54) is 32.6 Å². The Labute approximate surface area is 205 Å². The minimum Gasteiger partial charge on any atom is -0.497 e. The number of amides is 1. The lowest BCUT2D eigenvalue weighted by Crippen LogP contribution is -2.39. The van der Waals surface area contributed by atoms with Gasteiger partial charge in [-0.15, -0.1) is 0 Å². The quantitative estimate of drug-likeness (QED) is 0.322. The van der Waals surface area contributed by atoms with Crippen molar-refractivity contribution in [3.8, 4) is 17.2 Å². The molecule has 35 heavy (non-hydrogen) atoms. The van der Waals surface area contributed by atoms with Gasteiger partial charge in [-0.25, -0.2) is 13.8 Å². The van der Waals surface area contributed by atoms with Crippen LogP contribution in [0, 0.1) is 0 Å². The van der Waals surface area contributed by atoms with Gasteiger partial charge in [-0.2, -0.15) is 9.41 Å². The van der Waals surface area contributed by atoms with Crippen molar-refractivity contribution in [2.75, 3.05) is 27.9 Å². The summed E-state index contributed by atoms with van der Waals surface area (Å²) in [5.74, 6) is 0.580. The van der Waals surface area contributed by atoms with Gasteiger partial charge >= 0.3 is 0 Å². The number of hydrogen-bond acceptors (Lipinski definition) is 7. The molecule has 3 rings (SSSR count). The van der Waals surface area contributed by atoms with Crippen molar-refractivity contribution < 1.29 is 27.4 Å². The monoisotopic (exact) mass is 497 g/mol. The highest BCUT2D eigenvalue weighted by molar-refractivity contribution is 7.89. The van der Waals surface area contributed by atoms with Crippen LogP contribution >= 0.6 is 0 Å². The van der Waals surface area contributed by atoms with Crippen molar-refractivity contribution in [3.05, 3.63) is 83.9 Å². The third-order valence-electron chi connectivity index (χ3n) is 5.03. The van der Waals surface area contributed by atoms with Crippen molar-refractivity contribution in [3.63, 3.8) is 0 Å². The molecule has 10 heteroatoms. The molecule has 0 fully saturated rings. The average molecular weight is 498 g/mol. The van der Waals surface area contributed by atoms with Gasteiger partial charge in [0.15, 0.2) is 0 Å². The van der Waals surface area contributed by atoms with E-state index in [0.29, 0.717) is 17.1 Å². The number of nitrogens with zero attached hydrogens (tertiary/aromatic N) is 2. The van der Waals surface area contributed by atoms with Crippen LogP contribution in [0.4, 0.5) is 0 Å². The number of benzene rings is 3. The van der Waals surface area contributed by atoms with E-state index in [1.54, 1.807) is 61.7 Å². The number of carbonyl (C=O) groups excluding carboxylic acids is 1. The van der Waals surface area contributed by atoms with Gasteiger partial charge < -0.3 is 14.2 Å². The molecule has 0 bridgehead atoms. The first-order valence-corrected chi connectivity index (χ1v) is 12.0. The summed E-state index contributed by atoms with van der Waals surface area (Å²) in [5, 5.41) is 3.94. The first-order chi connectivity index (χ1) is 16.9. The fourth-order valence-electron chi connectivity index (χ4n) is 3.20. The number of sulfonamides is 1. The van der Waals surface area contributed by atoms with Gasteiger partial charge in [-0.05, 0) is 47.5 Å². The molecule has 1 amide bonds. The predicted molar refractivity (Wildman–Crippen MR) is 132 cm³/mol. The Kier molecular flexibility index (Phi) is 8.82. The lowest BCUT2D eigenvalue weighted by Gasteiger charge is -2.23. The molecule has 0 heterocycles. The molecule has 3 aromatic carbocycles.